The molecule has 4 aromatic rings. The number of carbonyl (C=O) groups excluding carboxylic acids is 1. The van der Waals surface area contributed by atoms with Gasteiger partial charge >= 0.3 is 0 Å². The van der Waals surface area contributed by atoms with Gasteiger partial charge in [0, 0.05) is 29.6 Å². The summed E-state index contributed by atoms with van der Waals surface area (Å²) in [6.45, 7) is 3.45. The summed E-state index contributed by atoms with van der Waals surface area (Å²) in [5.41, 5.74) is 3.16. The molecule has 0 spiro atoms. The first-order valence-corrected chi connectivity index (χ1v) is 12.7. The lowest BCUT2D eigenvalue weighted by Crippen LogP contribution is -2.42. The van der Waals surface area contributed by atoms with Gasteiger partial charge in [-0.05, 0) is 61.3 Å². The Morgan fingerprint density at radius 3 is 2.06 bits per heavy atom. The van der Waals surface area contributed by atoms with E-state index < -0.39 is 0 Å². The van der Waals surface area contributed by atoms with Crippen LogP contribution < -0.4 is 0 Å². The lowest BCUT2D eigenvalue weighted by Gasteiger charge is -2.34. The van der Waals surface area contributed by atoms with E-state index in [2.05, 4.69) is 39.3 Å². The number of benzene rings is 3. The Labute approximate surface area is 216 Å². The van der Waals surface area contributed by atoms with Gasteiger partial charge in [-0.25, -0.2) is 0 Å². The zero-order valence-electron chi connectivity index (χ0n) is 20.1. The van der Waals surface area contributed by atoms with E-state index in [9.17, 15) is 4.79 Å². The van der Waals surface area contributed by atoms with E-state index in [0.29, 0.717) is 36.4 Å². The number of amides is 1. The molecule has 0 unspecified atom stereocenters. The molecule has 1 saturated heterocycles. The third kappa shape index (κ3) is 6.20. The van der Waals surface area contributed by atoms with Crippen LogP contribution in [0.4, 0.5) is 0 Å². The van der Waals surface area contributed by atoms with Crippen molar-refractivity contribution in [2.75, 3.05) is 13.1 Å². The van der Waals surface area contributed by atoms with Gasteiger partial charge < -0.3 is 9.42 Å². The normalized spacial score (nSPS) is 14.6. The zero-order chi connectivity index (χ0) is 24.7. The second-order valence-corrected chi connectivity index (χ2v) is 9.67. The summed E-state index contributed by atoms with van der Waals surface area (Å²) in [5, 5.41) is 4.78. The van der Waals surface area contributed by atoms with Crippen molar-refractivity contribution in [1.82, 2.24) is 19.9 Å². The standard InChI is InChI=1S/C29H29ClN4O2/c30-26-13-11-24(12-14-26)28-31-27(36-32-28)21-33-17-15-25(16-18-33)29(35)34(19-22-7-3-1-4-8-22)20-23-9-5-2-6-10-23/h1-14,25H,15-21H2. The Morgan fingerprint density at radius 1 is 0.889 bits per heavy atom. The Kier molecular flexibility index (Phi) is 7.74. The molecule has 0 saturated carbocycles. The van der Waals surface area contributed by atoms with Gasteiger partial charge in [0.25, 0.3) is 0 Å². The highest BCUT2D eigenvalue weighted by atomic mass is 35.5. The van der Waals surface area contributed by atoms with Crippen LogP contribution >= 0.6 is 11.6 Å². The van der Waals surface area contributed by atoms with Crippen LogP contribution in [0.5, 0.6) is 0 Å². The lowest BCUT2D eigenvalue weighted by molar-refractivity contribution is -0.138. The fourth-order valence-corrected chi connectivity index (χ4v) is 4.77. The van der Waals surface area contributed by atoms with Crippen molar-refractivity contribution in [3.05, 3.63) is 107 Å². The van der Waals surface area contributed by atoms with Crippen LogP contribution in [0.2, 0.25) is 5.02 Å². The summed E-state index contributed by atoms with van der Waals surface area (Å²) in [5.74, 6) is 1.38. The topological polar surface area (TPSA) is 62.5 Å². The van der Waals surface area contributed by atoms with Gasteiger partial charge in [-0.3, -0.25) is 9.69 Å². The van der Waals surface area contributed by atoms with Crippen molar-refractivity contribution in [2.45, 2.75) is 32.5 Å². The summed E-state index contributed by atoms with van der Waals surface area (Å²) in [6.07, 6.45) is 1.63. The summed E-state index contributed by atoms with van der Waals surface area (Å²) in [4.78, 5) is 22.4. The first kappa shape index (κ1) is 24.2. The molecule has 0 bridgehead atoms. The average Bonchev–Trinajstić information content (AvgIpc) is 3.38. The van der Waals surface area contributed by atoms with Crippen LogP contribution in [-0.2, 0) is 24.4 Å². The van der Waals surface area contributed by atoms with Crippen molar-refractivity contribution in [2.24, 2.45) is 5.92 Å². The Bertz CT molecular complexity index is 1210. The van der Waals surface area contributed by atoms with Crippen LogP contribution in [-0.4, -0.2) is 38.9 Å². The zero-order valence-corrected chi connectivity index (χ0v) is 20.8. The van der Waals surface area contributed by atoms with Gasteiger partial charge in [0.05, 0.1) is 6.54 Å². The van der Waals surface area contributed by atoms with Crippen molar-refractivity contribution in [3.8, 4) is 11.4 Å². The minimum absolute atomic E-state index is 0.0148. The Morgan fingerprint density at radius 2 is 1.47 bits per heavy atom. The highest BCUT2D eigenvalue weighted by molar-refractivity contribution is 6.30. The van der Waals surface area contributed by atoms with Gasteiger partial charge in [-0.1, -0.05) is 77.4 Å². The van der Waals surface area contributed by atoms with Crippen molar-refractivity contribution in [1.29, 1.82) is 0 Å². The van der Waals surface area contributed by atoms with Crippen molar-refractivity contribution >= 4 is 17.5 Å². The largest absolute Gasteiger partial charge is 0.338 e. The summed E-state index contributed by atoms with van der Waals surface area (Å²) < 4.78 is 5.49. The second kappa shape index (κ2) is 11.5. The molecule has 1 aromatic heterocycles. The van der Waals surface area contributed by atoms with Gasteiger partial charge in [-0.2, -0.15) is 4.98 Å². The van der Waals surface area contributed by atoms with E-state index >= 15 is 0 Å². The van der Waals surface area contributed by atoms with E-state index in [1.807, 2.05) is 65.6 Å². The number of hydrogen-bond donors (Lipinski definition) is 0. The number of likely N-dealkylation sites (tertiary alicyclic amines) is 1. The molecule has 1 aliphatic rings. The highest BCUT2D eigenvalue weighted by Crippen LogP contribution is 2.24. The summed E-state index contributed by atoms with van der Waals surface area (Å²) >= 11 is 5.97. The van der Waals surface area contributed by atoms with E-state index in [-0.39, 0.29) is 11.8 Å². The smallest absolute Gasteiger partial charge is 0.241 e. The number of aromatic nitrogens is 2. The minimum atomic E-state index is 0.0148. The molecule has 7 heteroatoms. The van der Waals surface area contributed by atoms with Gasteiger partial charge in [0.1, 0.15) is 0 Å². The minimum Gasteiger partial charge on any atom is -0.338 e. The van der Waals surface area contributed by atoms with Crippen molar-refractivity contribution < 1.29 is 9.32 Å². The summed E-state index contributed by atoms with van der Waals surface area (Å²) in [7, 11) is 0. The molecule has 1 aliphatic heterocycles. The lowest BCUT2D eigenvalue weighted by atomic mass is 9.94. The van der Waals surface area contributed by atoms with E-state index in [1.165, 1.54) is 0 Å². The summed E-state index contributed by atoms with van der Waals surface area (Å²) in [6, 6.07) is 27.8. The van der Waals surface area contributed by atoms with Crippen LogP contribution in [0.3, 0.4) is 0 Å². The van der Waals surface area contributed by atoms with Crippen LogP contribution in [0.1, 0.15) is 29.9 Å². The van der Waals surface area contributed by atoms with Gasteiger partial charge in [-0.15, -0.1) is 0 Å². The van der Waals surface area contributed by atoms with Gasteiger partial charge in [0.15, 0.2) is 0 Å². The maximum absolute atomic E-state index is 13.6. The molecule has 1 amide bonds. The molecule has 36 heavy (non-hydrogen) atoms. The number of piperidine rings is 1. The fraction of sp³-hybridized carbons (Fsp3) is 0.276. The molecule has 5 rings (SSSR count). The number of halogens is 1. The van der Waals surface area contributed by atoms with Gasteiger partial charge in [0.2, 0.25) is 17.6 Å². The Hall–Kier alpha value is -3.48. The first-order valence-electron chi connectivity index (χ1n) is 12.3. The number of carbonyl (C=O) groups is 1. The number of hydrogen-bond acceptors (Lipinski definition) is 5. The Balaban J connectivity index is 1.19. The molecule has 0 aliphatic carbocycles. The molecule has 0 N–H and O–H groups in total. The molecule has 3 aromatic carbocycles. The second-order valence-electron chi connectivity index (χ2n) is 9.23. The molecule has 6 nitrogen and oxygen atoms in total. The monoisotopic (exact) mass is 500 g/mol. The molecule has 1 fully saturated rings. The molecule has 0 radical (unpaired) electrons. The molecule has 2 heterocycles. The molecular weight excluding hydrogens is 472 g/mol. The van der Waals surface area contributed by atoms with Crippen LogP contribution in [0.25, 0.3) is 11.4 Å². The molecule has 184 valence electrons. The highest BCUT2D eigenvalue weighted by Gasteiger charge is 2.29. The average molecular weight is 501 g/mol. The van der Waals surface area contributed by atoms with Crippen LogP contribution in [0.15, 0.2) is 89.5 Å². The van der Waals surface area contributed by atoms with E-state index in [0.717, 1.165) is 42.6 Å². The van der Waals surface area contributed by atoms with Crippen molar-refractivity contribution in [3.63, 3.8) is 0 Å². The predicted octanol–water partition coefficient (Wildman–Crippen LogP) is 5.83. The molecular formula is C29H29ClN4O2. The fourth-order valence-electron chi connectivity index (χ4n) is 4.64. The third-order valence-electron chi connectivity index (χ3n) is 6.61. The maximum Gasteiger partial charge on any atom is 0.241 e. The number of nitrogens with zero attached hydrogens (tertiary/aromatic N) is 4. The molecule has 0 atom stereocenters. The predicted molar refractivity (Wildman–Crippen MR) is 140 cm³/mol. The first-order chi connectivity index (χ1) is 17.6. The van der Waals surface area contributed by atoms with E-state index in [4.69, 9.17) is 16.1 Å². The van der Waals surface area contributed by atoms with Crippen LogP contribution in [0, 0.1) is 5.92 Å². The van der Waals surface area contributed by atoms with E-state index in [1.54, 1.807) is 0 Å². The number of rotatable bonds is 8. The maximum atomic E-state index is 13.6. The quantitative estimate of drug-likeness (QED) is 0.304. The SMILES string of the molecule is O=C(C1CCN(Cc2nc(-c3ccc(Cl)cc3)no2)CC1)N(Cc1ccccc1)Cc1ccccc1. The third-order valence-corrected chi connectivity index (χ3v) is 6.86.